The van der Waals surface area contributed by atoms with Gasteiger partial charge in [0.1, 0.15) is 0 Å². The summed E-state index contributed by atoms with van der Waals surface area (Å²) in [4.78, 5) is 6.89. The Kier molecular flexibility index (Phi) is 8.42. The topological polar surface area (TPSA) is 39.7 Å². The molecule has 2 rings (SSSR count). The van der Waals surface area contributed by atoms with Crippen molar-refractivity contribution in [3.05, 3.63) is 34.3 Å². The monoisotopic (exact) mass is 412 g/mol. The second kappa shape index (κ2) is 10.3. The molecule has 2 N–H and O–H groups in total. The number of hydrogen-bond donors (Lipinski definition) is 2. The molecule has 1 fully saturated rings. The fourth-order valence-corrected chi connectivity index (χ4v) is 3.31. The summed E-state index contributed by atoms with van der Waals surface area (Å²) in [6, 6.07) is 9.16. The van der Waals surface area contributed by atoms with Crippen LogP contribution >= 0.6 is 27.7 Å². The molecule has 0 bridgehead atoms. The van der Waals surface area contributed by atoms with E-state index in [0.717, 1.165) is 49.5 Å². The number of rotatable bonds is 6. The van der Waals surface area contributed by atoms with Gasteiger partial charge in [-0.05, 0) is 36.8 Å². The highest BCUT2D eigenvalue weighted by molar-refractivity contribution is 9.10. The highest BCUT2D eigenvalue weighted by atomic mass is 79.9. The Balaban J connectivity index is 1.72. The maximum Gasteiger partial charge on any atom is 0.191 e. The highest BCUT2D eigenvalue weighted by Crippen LogP contribution is 2.16. The van der Waals surface area contributed by atoms with Crippen LogP contribution in [0.1, 0.15) is 25.3 Å². The van der Waals surface area contributed by atoms with Crippen molar-refractivity contribution in [2.24, 2.45) is 4.99 Å². The van der Waals surface area contributed by atoms with Crippen molar-refractivity contribution in [3.8, 4) is 0 Å². The third kappa shape index (κ3) is 6.65. The molecule has 0 saturated carbocycles. The fourth-order valence-electron chi connectivity index (χ4n) is 2.80. The molecule has 134 valence electrons. The molecule has 1 saturated heterocycles. The first-order chi connectivity index (χ1) is 11.6. The second-order valence-corrected chi connectivity index (χ2v) is 8.51. The number of thioether (sulfide) groups is 1. The lowest BCUT2D eigenvalue weighted by molar-refractivity contribution is 0.198. The van der Waals surface area contributed by atoms with Gasteiger partial charge in [-0.25, -0.2) is 0 Å². The molecule has 1 aliphatic heterocycles. The molecule has 4 nitrogen and oxygen atoms in total. The van der Waals surface area contributed by atoms with Crippen molar-refractivity contribution in [3.63, 3.8) is 0 Å². The van der Waals surface area contributed by atoms with Crippen molar-refractivity contribution in [1.82, 2.24) is 15.5 Å². The molecule has 24 heavy (non-hydrogen) atoms. The number of benzene rings is 1. The number of likely N-dealkylation sites (tertiary alicyclic amines) is 1. The smallest absolute Gasteiger partial charge is 0.191 e. The third-order valence-corrected chi connectivity index (χ3v) is 5.93. The number of aliphatic imine (C=N–C) groups is 1. The van der Waals surface area contributed by atoms with Gasteiger partial charge in [0.15, 0.2) is 5.96 Å². The van der Waals surface area contributed by atoms with Crippen molar-refractivity contribution < 1.29 is 0 Å². The van der Waals surface area contributed by atoms with Crippen LogP contribution in [-0.2, 0) is 6.54 Å². The molecule has 1 aromatic rings. The van der Waals surface area contributed by atoms with Gasteiger partial charge >= 0.3 is 0 Å². The largest absolute Gasteiger partial charge is 0.355 e. The minimum absolute atomic E-state index is 0.516. The molecule has 0 aromatic heterocycles. The first-order valence-electron chi connectivity index (χ1n) is 8.57. The van der Waals surface area contributed by atoms with E-state index in [1.807, 2.05) is 18.8 Å². The van der Waals surface area contributed by atoms with Gasteiger partial charge in [-0.2, -0.15) is 11.8 Å². The summed E-state index contributed by atoms with van der Waals surface area (Å²) >= 11 is 5.36. The van der Waals surface area contributed by atoms with Gasteiger partial charge in [0.05, 0.1) is 0 Å². The Labute approximate surface area is 159 Å². The number of nitrogens with zero attached hydrogens (tertiary/aromatic N) is 2. The lowest BCUT2D eigenvalue weighted by atomic mass is 10.0. The molecular formula is C18H29BrN4S. The molecule has 0 aliphatic carbocycles. The van der Waals surface area contributed by atoms with Crippen LogP contribution in [0.4, 0.5) is 0 Å². The van der Waals surface area contributed by atoms with Crippen LogP contribution in [0.15, 0.2) is 33.7 Å². The Bertz CT molecular complexity index is 512. The van der Waals surface area contributed by atoms with E-state index in [0.29, 0.717) is 11.3 Å². The van der Waals surface area contributed by atoms with E-state index in [1.54, 1.807) is 0 Å². The predicted octanol–water partition coefficient (Wildman–Crippen LogP) is 3.33. The third-order valence-electron chi connectivity index (χ3n) is 4.43. The summed E-state index contributed by atoms with van der Waals surface area (Å²) in [6.45, 7) is 6.48. The molecule has 1 heterocycles. The Hall–Kier alpha value is -0.720. The minimum Gasteiger partial charge on any atom is -0.355 e. The fraction of sp³-hybridized carbons (Fsp3) is 0.611. The Morgan fingerprint density at radius 2 is 2.00 bits per heavy atom. The van der Waals surface area contributed by atoms with Gasteiger partial charge in [-0.3, -0.25) is 9.89 Å². The number of nitrogens with one attached hydrogen (secondary N) is 2. The van der Waals surface area contributed by atoms with Crippen molar-refractivity contribution in [1.29, 1.82) is 0 Å². The molecule has 6 heteroatoms. The van der Waals surface area contributed by atoms with Crippen molar-refractivity contribution >= 4 is 33.7 Å². The molecule has 1 unspecified atom stereocenters. The molecule has 0 radical (unpaired) electrons. The number of hydrogen-bond acceptors (Lipinski definition) is 3. The number of halogens is 1. The van der Waals surface area contributed by atoms with Crippen LogP contribution < -0.4 is 10.6 Å². The van der Waals surface area contributed by atoms with Crippen LogP contribution in [0.5, 0.6) is 0 Å². The van der Waals surface area contributed by atoms with Gasteiger partial charge in [0.25, 0.3) is 0 Å². The van der Waals surface area contributed by atoms with Crippen molar-refractivity contribution in [2.45, 2.75) is 37.6 Å². The predicted molar refractivity (Wildman–Crippen MR) is 110 cm³/mol. The summed E-state index contributed by atoms with van der Waals surface area (Å²) < 4.78 is 1.14. The maximum absolute atomic E-state index is 4.35. The van der Waals surface area contributed by atoms with Crippen LogP contribution in [0.25, 0.3) is 0 Å². The first-order valence-corrected chi connectivity index (χ1v) is 10.7. The van der Waals surface area contributed by atoms with Crippen LogP contribution in [0.2, 0.25) is 0 Å². The van der Waals surface area contributed by atoms with E-state index in [1.165, 1.54) is 5.56 Å². The summed E-state index contributed by atoms with van der Waals surface area (Å²) in [5.74, 6) is 0.933. The molecule has 1 atom stereocenters. The van der Waals surface area contributed by atoms with E-state index in [2.05, 4.69) is 73.9 Å². The number of piperidine rings is 1. The van der Waals surface area contributed by atoms with E-state index >= 15 is 0 Å². The average Bonchev–Trinajstić information content (AvgIpc) is 2.61. The first kappa shape index (κ1) is 19.6. The van der Waals surface area contributed by atoms with E-state index < -0.39 is 0 Å². The molecule has 1 aliphatic rings. The van der Waals surface area contributed by atoms with E-state index in [9.17, 15) is 0 Å². The van der Waals surface area contributed by atoms with E-state index in [-0.39, 0.29) is 0 Å². The molecule has 0 spiro atoms. The van der Waals surface area contributed by atoms with Gasteiger partial charge in [0, 0.05) is 49.0 Å². The van der Waals surface area contributed by atoms with Gasteiger partial charge in [-0.15, -0.1) is 0 Å². The Morgan fingerprint density at radius 1 is 1.33 bits per heavy atom. The summed E-state index contributed by atoms with van der Waals surface area (Å²) in [7, 11) is 1.85. The zero-order valence-electron chi connectivity index (χ0n) is 14.9. The lowest BCUT2D eigenvalue weighted by Crippen LogP contribution is -2.49. The quantitative estimate of drug-likeness (QED) is 0.555. The molecular weight excluding hydrogens is 384 g/mol. The van der Waals surface area contributed by atoms with Gasteiger partial charge in [-0.1, -0.05) is 35.0 Å². The van der Waals surface area contributed by atoms with Crippen LogP contribution in [-0.4, -0.2) is 55.1 Å². The number of guanidine groups is 1. The SMILES string of the molecule is CN=C(NCC(C)SC)NC1CCN(Cc2ccc(Br)cc2)CC1. The summed E-state index contributed by atoms with van der Waals surface area (Å²) in [6.07, 6.45) is 4.47. The van der Waals surface area contributed by atoms with Gasteiger partial charge in [0.2, 0.25) is 0 Å². The maximum atomic E-state index is 4.35. The molecule has 0 amide bonds. The van der Waals surface area contributed by atoms with E-state index in [4.69, 9.17) is 0 Å². The van der Waals surface area contributed by atoms with Crippen LogP contribution in [0, 0.1) is 0 Å². The zero-order valence-corrected chi connectivity index (χ0v) is 17.3. The summed E-state index contributed by atoms with van der Waals surface area (Å²) in [5.41, 5.74) is 1.38. The molecule has 1 aromatic carbocycles. The minimum atomic E-state index is 0.516. The van der Waals surface area contributed by atoms with Gasteiger partial charge < -0.3 is 10.6 Å². The van der Waals surface area contributed by atoms with Crippen molar-refractivity contribution in [2.75, 3.05) is 32.9 Å². The summed E-state index contributed by atoms with van der Waals surface area (Å²) in [5, 5.41) is 7.59. The highest BCUT2D eigenvalue weighted by Gasteiger charge is 2.20. The second-order valence-electron chi connectivity index (χ2n) is 6.32. The standard InChI is InChI=1S/C18H29BrN4S/c1-14(24-3)12-21-18(20-2)22-17-8-10-23(11-9-17)13-15-4-6-16(19)7-5-15/h4-7,14,17H,8-13H2,1-3H3,(H2,20,21,22). The zero-order chi connectivity index (χ0) is 17.4. The normalized spacial score (nSPS) is 18.4. The average molecular weight is 413 g/mol. The lowest BCUT2D eigenvalue weighted by Gasteiger charge is -2.33. The van der Waals surface area contributed by atoms with Crippen LogP contribution in [0.3, 0.4) is 0 Å². The Morgan fingerprint density at radius 3 is 2.58 bits per heavy atom.